The van der Waals surface area contributed by atoms with E-state index in [1.54, 1.807) is 0 Å². The largest absolute Gasteiger partial charge is 0.481 e. The van der Waals surface area contributed by atoms with E-state index >= 15 is 0 Å². The minimum Gasteiger partial charge on any atom is -0.481 e. The molecule has 0 saturated carbocycles. The third-order valence-corrected chi connectivity index (χ3v) is 3.52. The summed E-state index contributed by atoms with van der Waals surface area (Å²) >= 11 is 0. The van der Waals surface area contributed by atoms with Gasteiger partial charge in [-0.2, -0.15) is 0 Å². The molecule has 0 aliphatic carbocycles. The van der Waals surface area contributed by atoms with Gasteiger partial charge in [-0.15, -0.1) is 0 Å². The first-order valence-electron chi connectivity index (χ1n) is 7.38. The van der Waals surface area contributed by atoms with Crippen molar-refractivity contribution in [1.82, 2.24) is 10.2 Å². The maximum absolute atomic E-state index is 12.0. The molecule has 1 saturated heterocycles. The number of amides is 3. The van der Waals surface area contributed by atoms with Crippen molar-refractivity contribution < 1.29 is 23.9 Å². The van der Waals surface area contributed by atoms with Crippen molar-refractivity contribution in [2.24, 2.45) is 0 Å². The van der Waals surface area contributed by atoms with E-state index < -0.39 is 24.0 Å². The summed E-state index contributed by atoms with van der Waals surface area (Å²) in [4.78, 5) is 36.3. The predicted octanol–water partition coefficient (Wildman–Crippen LogP) is 1.17. The number of hydrogen-bond donors (Lipinski definition) is 1. The number of benzene rings is 1. The molecule has 7 nitrogen and oxygen atoms in total. The molecule has 2 rings (SSSR count). The highest BCUT2D eigenvalue weighted by atomic mass is 16.6. The lowest BCUT2D eigenvalue weighted by molar-refractivity contribution is -0.159. The van der Waals surface area contributed by atoms with Crippen LogP contribution < -0.4 is 10.1 Å². The number of nitrogens with zero attached hydrogens (tertiary/aromatic N) is 1. The van der Waals surface area contributed by atoms with Gasteiger partial charge < -0.3 is 14.8 Å². The van der Waals surface area contributed by atoms with Gasteiger partial charge in [0.2, 0.25) is 0 Å². The van der Waals surface area contributed by atoms with Gasteiger partial charge in [0.1, 0.15) is 5.75 Å². The van der Waals surface area contributed by atoms with Gasteiger partial charge in [0.25, 0.3) is 5.91 Å². The minimum absolute atomic E-state index is 0.276. The molecule has 1 aromatic rings. The molecule has 1 atom stereocenters. The molecule has 1 aliphatic rings. The van der Waals surface area contributed by atoms with Crippen molar-refractivity contribution in [3.8, 4) is 5.75 Å². The van der Waals surface area contributed by atoms with Crippen molar-refractivity contribution in [2.75, 3.05) is 19.7 Å². The van der Waals surface area contributed by atoms with Crippen LogP contribution in [0.5, 0.6) is 5.75 Å². The Kier molecular flexibility index (Phi) is 5.20. The lowest BCUT2D eigenvalue weighted by Crippen LogP contribution is -2.42. The van der Waals surface area contributed by atoms with Crippen LogP contribution in [0.15, 0.2) is 18.2 Å². The van der Waals surface area contributed by atoms with Gasteiger partial charge in [-0.3, -0.25) is 9.69 Å². The van der Waals surface area contributed by atoms with E-state index in [0.29, 0.717) is 12.3 Å². The molecule has 1 aliphatic heterocycles. The van der Waals surface area contributed by atoms with E-state index in [-0.39, 0.29) is 13.2 Å². The zero-order chi connectivity index (χ0) is 17.0. The number of urea groups is 1. The number of ether oxygens (including phenoxy) is 2. The van der Waals surface area contributed by atoms with Gasteiger partial charge in [0.05, 0.1) is 0 Å². The molecule has 1 fully saturated rings. The first-order chi connectivity index (χ1) is 10.9. The second kappa shape index (κ2) is 7.13. The standard InChI is InChI=1S/C16H20N2O5/c1-10-5-4-6-11(2)14(10)22-9-13(19)23-12(3)15(20)18-8-7-17-16(18)21/h4-6,12H,7-9H2,1-3H3,(H,17,21)/t12-/m0/s1. The van der Waals surface area contributed by atoms with Crippen LogP contribution in [0.1, 0.15) is 18.1 Å². The van der Waals surface area contributed by atoms with Crippen LogP contribution in [-0.2, 0) is 14.3 Å². The third kappa shape index (κ3) is 4.00. The Morgan fingerprint density at radius 3 is 2.52 bits per heavy atom. The average molecular weight is 320 g/mol. The Balaban J connectivity index is 1.87. The number of para-hydroxylation sites is 1. The molecule has 0 unspecified atom stereocenters. The quantitative estimate of drug-likeness (QED) is 0.823. The number of imide groups is 1. The fourth-order valence-corrected chi connectivity index (χ4v) is 2.34. The van der Waals surface area contributed by atoms with Gasteiger partial charge in [-0.25, -0.2) is 9.59 Å². The van der Waals surface area contributed by atoms with Crippen molar-refractivity contribution in [1.29, 1.82) is 0 Å². The zero-order valence-electron chi connectivity index (χ0n) is 13.4. The van der Waals surface area contributed by atoms with E-state index in [2.05, 4.69) is 5.32 Å². The van der Waals surface area contributed by atoms with Crippen LogP contribution in [-0.4, -0.2) is 48.6 Å². The number of hydrogen-bond acceptors (Lipinski definition) is 5. The lowest BCUT2D eigenvalue weighted by atomic mass is 10.1. The van der Waals surface area contributed by atoms with Crippen molar-refractivity contribution in [3.05, 3.63) is 29.3 Å². The Hall–Kier alpha value is -2.57. The predicted molar refractivity (Wildman–Crippen MR) is 82.1 cm³/mol. The molecule has 3 amide bonds. The molecule has 0 spiro atoms. The highest BCUT2D eigenvalue weighted by Crippen LogP contribution is 2.22. The summed E-state index contributed by atoms with van der Waals surface area (Å²) in [7, 11) is 0. The number of carbonyl (C=O) groups is 3. The number of esters is 1. The van der Waals surface area contributed by atoms with Crippen LogP contribution in [0, 0.1) is 13.8 Å². The summed E-state index contributed by atoms with van der Waals surface area (Å²) in [6.07, 6.45) is -1.03. The Morgan fingerprint density at radius 2 is 1.96 bits per heavy atom. The fourth-order valence-electron chi connectivity index (χ4n) is 2.34. The van der Waals surface area contributed by atoms with Gasteiger partial charge in [-0.05, 0) is 31.9 Å². The summed E-state index contributed by atoms with van der Waals surface area (Å²) < 4.78 is 10.5. The van der Waals surface area contributed by atoms with Crippen LogP contribution in [0.3, 0.4) is 0 Å². The minimum atomic E-state index is -1.03. The monoisotopic (exact) mass is 320 g/mol. The average Bonchev–Trinajstić information content (AvgIpc) is 2.92. The van der Waals surface area contributed by atoms with E-state index in [0.717, 1.165) is 16.0 Å². The van der Waals surface area contributed by atoms with Gasteiger partial charge >= 0.3 is 12.0 Å². The summed E-state index contributed by atoms with van der Waals surface area (Å²) in [5.74, 6) is -0.573. The molecular formula is C16H20N2O5. The molecule has 0 aromatic heterocycles. The number of nitrogens with one attached hydrogen (secondary N) is 1. The topological polar surface area (TPSA) is 84.9 Å². The van der Waals surface area contributed by atoms with Crippen LogP contribution in [0.2, 0.25) is 0 Å². The summed E-state index contributed by atoms with van der Waals surface area (Å²) in [5.41, 5.74) is 1.83. The fraction of sp³-hybridized carbons (Fsp3) is 0.438. The van der Waals surface area contributed by atoms with E-state index in [4.69, 9.17) is 9.47 Å². The van der Waals surface area contributed by atoms with Crippen molar-refractivity contribution in [3.63, 3.8) is 0 Å². The van der Waals surface area contributed by atoms with Gasteiger partial charge in [-0.1, -0.05) is 18.2 Å². The van der Waals surface area contributed by atoms with Crippen LogP contribution in [0.4, 0.5) is 4.79 Å². The summed E-state index contributed by atoms with van der Waals surface area (Å²) in [6.45, 7) is 5.58. The highest BCUT2D eigenvalue weighted by Gasteiger charge is 2.31. The van der Waals surface area contributed by atoms with E-state index in [1.165, 1.54) is 6.92 Å². The second-order valence-corrected chi connectivity index (χ2v) is 5.36. The zero-order valence-corrected chi connectivity index (χ0v) is 13.4. The summed E-state index contributed by atoms with van der Waals surface area (Å²) in [5, 5.41) is 2.52. The molecular weight excluding hydrogens is 300 g/mol. The third-order valence-electron chi connectivity index (χ3n) is 3.52. The van der Waals surface area contributed by atoms with Gasteiger partial charge in [0, 0.05) is 13.1 Å². The molecule has 7 heteroatoms. The number of rotatable bonds is 5. The Morgan fingerprint density at radius 1 is 1.30 bits per heavy atom. The van der Waals surface area contributed by atoms with E-state index in [9.17, 15) is 14.4 Å². The molecule has 0 bridgehead atoms. The van der Waals surface area contributed by atoms with Gasteiger partial charge in [0.15, 0.2) is 12.7 Å². The van der Waals surface area contributed by atoms with Crippen molar-refractivity contribution >= 4 is 17.9 Å². The molecule has 1 N–H and O–H groups in total. The molecule has 1 aromatic carbocycles. The maximum Gasteiger partial charge on any atom is 0.344 e. The highest BCUT2D eigenvalue weighted by molar-refractivity contribution is 5.98. The first kappa shape index (κ1) is 16.8. The Bertz CT molecular complexity index is 609. The second-order valence-electron chi connectivity index (χ2n) is 5.36. The van der Waals surface area contributed by atoms with Crippen molar-refractivity contribution in [2.45, 2.75) is 26.9 Å². The lowest BCUT2D eigenvalue weighted by Gasteiger charge is -2.18. The van der Waals surface area contributed by atoms with Crippen LogP contribution in [0.25, 0.3) is 0 Å². The number of carbonyl (C=O) groups excluding carboxylic acids is 3. The molecule has 0 radical (unpaired) electrons. The first-order valence-corrected chi connectivity index (χ1v) is 7.38. The van der Waals surface area contributed by atoms with E-state index in [1.807, 2.05) is 32.0 Å². The number of aryl methyl sites for hydroxylation is 2. The molecule has 1 heterocycles. The summed E-state index contributed by atoms with van der Waals surface area (Å²) in [6, 6.07) is 5.19. The Labute approximate surface area is 134 Å². The normalized spacial score (nSPS) is 15.1. The van der Waals surface area contributed by atoms with Crippen LogP contribution >= 0.6 is 0 Å². The smallest absolute Gasteiger partial charge is 0.344 e. The SMILES string of the molecule is Cc1cccc(C)c1OCC(=O)O[C@@H](C)C(=O)N1CCNC1=O. The molecule has 23 heavy (non-hydrogen) atoms. The maximum atomic E-state index is 12.0. The molecule has 124 valence electrons.